The van der Waals surface area contributed by atoms with Crippen LogP contribution in [0.25, 0.3) is 0 Å². The van der Waals surface area contributed by atoms with Crippen molar-refractivity contribution in [2.75, 3.05) is 14.1 Å². The highest BCUT2D eigenvalue weighted by Gasteiger charge is 2.33. The van der Waals surface area contributed by atoms with Crippen LogP contribution >= 0.6 is 7.59 Å². The van der Waals surface area contributed by atoms with Gasteiger partial charge in [0.1, 0.15) is 0 Å². The van der Waals surface area contributed by atoms with Crippen LogP contribution in [0.1, 0.15) is 0 Å². The average Bonchev–Trinajstić information content (AvgIpc) is 2.03. The van der Waals surface area contributed by atoms with E-state index in [0.29, 0.717) is 0 Å². The van der Waals surface area contributed by atoms with E-state index in [1.54, 1.807) is 0 Å². The molecule has 0 radical (unpaired) electrons. The zero-order valence-electron chi connectivity index (χ0n) is 7.50. The first-order chi connectivity index (χ1) is 5.77. The number of hydrogen-bond acceptors (Lipinski definition) is 4. The second kappa shape index (κ2) is 4.14. The Balaban J connectivity index is 4.59. The number of carbonyl (C=O) groups is 1. The van der Waals surface area contributed by atoms with Gasteiger partial charge in [0.2, 0.25) is 5.79 Å². The van der Waals surface area contributed by atoms with Crippen molar-refractivity contribution >= 4 is 13.5 Å². The highest BCUT2D eigenvalue weighted by atomic mass is 31.2. The SMILES string of the molecule is CNP(=O)(NC)NC(N)(N)C(N)=O. The van der Waals surface area contributed by atoms with Gasteiger partial charge in [0.25, 0.3) is 13.5 Å². The third-order valence-electron chi connectivity index (χ3n) is 1.38. The number of nitrogens with two attached hydrogens (primary N) is 3. The fraction of sp³-hybridized carbons (Fsp3) is 0.750. The van der Waals surface area contributed by atoms with Crippen LogP contribution < -0.4 is 32.5 Å². The lowest BCUT2D eigenvalue weighted by molar-refractivity contribution is -0.123. The van der Waals surface area contributed by atoms with Gasteiger partial charge in [-0.3, -0.25) is 20.8 Å². The fourth-order valence-corrected chi connectivity index (χ4v) is 1.62. The molecule has 0 bridgehead atoms. The van der Waals surface area contributed by atoms with Gasteiger partial charge in [0.05, 0.1) is 0 Å². The molecule has 13 heavy (non-hydrogen) atoms. The van der Waals surface area contributed by atoms with E-state index in [1.165, 1.54) is 14.1 Å². The van der Waals surface area contributed by atoms with Crippen LogP contribution in [-0.4, -0.2) is 25.8 Å². The summed E-state index contributed by atoms with van der Waals surface area (Å²) >= 11 is 0. The Morgan fingerprint density at radius 3 is 1.92 bits per heavy atom. The van der Waals surface area contributed by atoms with Gasteiger partial charge in [-0.15, -0.1) is 0 Å². The lowest BCUT2D eigenvalue weighted by Crippen LogP contribution is -2.69. The first-order valence-corrected chi connectivity index (χ1v) is 5.13. The van der Waals surface area contributed by atoms with Crippen LogP contribution in [0.3, 0.4) is 0 Å². The van der Waals surface area contributed by atoms with E-state index in [1.807, 2.05) is 0 Å². The molecular formula is C4H15N6O2P. The molecule has 0 aliphatic heterocycles. The zero-order valence-corrected chi connectivity index (χ0v) is 8.39. The maximum absolute atomic E-state index is 11.6. The van der Waals surface area contributed by atoms with Crippen molar-refractivity contribution in [3.8, 4) is 0 Å². The minimum atomic E-state index is -3.16. The summed E-state index contributed by atoms with van der Waals surface area (Å²) in [5, 5.41) is 6.99. The molecule has 0 aromatic rings. The van der Waals surface area contributed by atoms with Gasteiger partial charge in [0.15, 0.2) is 0 Å². The second-order valence-corrected chi connectivity index (χ2v) is 4.74. The molecule has 8 nitrogen and oxygen atoms in total. The van der Waals surface area contributed by atoms with E-state index in [4.69, 9.17) is 17.2 Å². The maximum atomic E-state index is 11.6. The molecule has 0 spiro atoms. The third-order valence-corrected chi connectivity index (χ3v) is 3.32. The summed E-state index contributed by atoms with van der Waals surface area (Å²) in [7, 11) is -0.321. The monoisotopic (exact) mass is 210 g/mol. The highest BCUT2D eigenvalue weighted by Crippen LogP contribution is 2.29. The van der Waals surface area contributed by atoms with E-state index >= 15 is 0 Å². The summed E-state index contributed by atoms with van der Waals surface area (Å²) in [5.74, 6) is -3.01. The molecule has 9 heteroatoms. The van der Waals surface area contributed by atoms with Crippen LogP contribution in [0.2, 0.25) is 0 Å². The Morgan fingerprint density at radius 2 is 1.69 bits per heavy atom. The van der Waals surface area contributed by atoms with Crippen molar-refractivity contribution in [1.82, 2.24) is 15.3 Å². The number of nitrogens with one attached hydrogen (secondary N) is 3. The van der Waals surface area contributed by atoms with Crippen LogP contribution in [-0.2, 0) is 9.36 Å². The van der Waals surface area contributed by atoms with E-state index < -0.39 is 19.3 Å². The van der Waals surface area contributed by atoms with E-state index in [9.17, 15) is 9.36 Å². The molecule has 0 rings (SSSR count). The molecule has 0 fully saturated rings. The molecule has 9 N–H and O–H groups in total. The normalized spacial score (nSPS) is 12.9. The number of primary amides is 1. The summed E-state index contributed by atoms with van der Waals surface area (Å²) in [6, 6.07) is 0. The van der Waals surface area contributed by atoms with Crippen molar-refractivity contribution < 1.29 is 9.36 Å². The van der Waals surface area contributed by atoms with Gasteiger partial charge < -0.3 is 5.73 Å². The number of amides is 1. The quantitative estimate of drug-likeness (QED) is 0.212. The highest BCUT2D eigenvalue weighted by molar-refractivity contribution is 7.57. The third kappa shape index (κ3) is 3.39. The summed E-state index contributed by atoms with van der Waals surface area (Å²) in [6.45, 7) is 0. The Bertz CT molecular complexity index is 233. The van der Waals surface area contributed by atoms with Crippen LogP contribution in [0.15, 0.2) is 0 Å². The molecule has 0 aliphatic carbocycles. The summed E-state index contributed by atoms with van der Waals surface area (Å²) in [4.78, 5) is 10.7. The van der Waals surface area contributed by atoms with Gasteiger partial charge in [-0.2, -0.15) is 0 Å². The minimum Gasteiger partial charge on any atom is -0.366 e. The molecule has 0 saturated heterocycles. The van der Waals surface area contributed by atoms with Crippen LogP contribution in [0.4, 0.5) is 0 Å². The van der Waals surface area contributed by atoms with Crippen LogP contribution in [0.5, 0.6) is 0 Å². The van der Waals surface area contributed by atoms with Crippen molar-refractivity contribution in [2.45, 2.75) is 5.79 Å². The average molecular weight is 210 g/mol. The minimum absolute atomic E-state index is 1.00. The summed E-state index contributed by atoms with van der Waals surface area (Å²) in [5.41, 5.74) is 15.3. The number of carbonyl (C=O) groups excluding carboxylic acids is 1. The first kappa shape index (κ1) is 12.5. The first-order valence-electron chi connectivity index (χ1n) is 3.42. The molecule has 0 atom stereocenters. The molecule has 0 aromatic heterocycles. The molecule has 0 saturated carbocycles. The Kier molecular flexibility index (Phi) is 3.98. The topological polar surface area (TPSA) is 148 Å². The zero-order chi connectivity index (χ0) is 10.7. The fourth-order valence-electron chi connectivity index (χ4n) is 0.539. The van der Waals surface area contributed by atoms with Gasteiger partial charge in [-0.05, 0) is 14.1 Å². The lowest BCUT2D eigenvalue weighted by atomic mass is 10.4. The number of rotatable bonds is 5. The lowest BCUT2D eigenvalue weighted by Gasteiger charge is -2.27. The Hall–Kier alpha value is -0.500. The molecule has 0 aliphatic rings. The smallest absolute Gasteiger partial charge is 0.281 e. The summed E-state index contributed by atoms with van der Waals surface area (Å²) < 4.78 is 11.6. The predicted molar refractivity (Wildman–Crippen MR) is 49.2 cm³/mol. The van der Waals surface area contributed by atoms with Gasteiger partial charge in [-0.1, -0.05) is 0 Å². The van der Waals surface area contributed by atoms with E-state index in [2.05, 4.69) is 15.3 Å². The molecular weight excluding hydrogens is 195 g/mol. The molecule has 0 unspecified atom stereocenters. The van der Waals surface area contributed by atoms with Gasteiger partial charge >= 0.3 is 0 Å². The maximum Gasteiger partial charge on any atom is 0.281 e. The van der Waals surface area contributed by atoms with Crippen molar-refractivity contribution in [3.05, 3.63) is 0 Å². The van der Waals surface area contributed by atoms with Crippen LogP contribution in [0, 0.1) is 0 Å². The van der Waals surface area contributed by atoms with Crippen molar-refractivity contribution in [3.63, 3.8) is 0 Å². The predicted octanol–water partition coefficient (Wildman–Crippen LogP) is -2.82. The van der Waals surface area contributed by atoms with Crippen molar-refractivity contribution in [1.29, 1.82) is 0 Å². The second-order valence-electron chi connectivity index (χ2n) is 2.40. The molecule has 0 aromatic carbocycles. The van der Waals surface area contributed by atoms with Gasteiger partial charge in [0, 0.05) is 0 Å². The molecule has 0 heterocycles. The standard InChI is InChI=1S/C4H15N6O2P/c1-8-13(12,9-2)10-4(6,7)3(5)11/h6-7H2,1-2H3,(H2,5,11)(H3,8,9,10,12). The van der Waals surface area contributed by atoms with Gasteiger partial charge in [-0.25, -0.2) is 15.3 Å². The van der Waals surface area contributed by atoms with Crippen molar-refractivity contribution in [2.24, 2.45) is 17.2 Å². The summed E-state index contributed by atoms with van der Waals surface area (Å²) in [6.07, 6.45) is 0. The Labute approximate surface area is 76.1 Å². The largest absolute Gasteiger partial charge is 0.366 e. The van der Waals surface area contributed by atoms with E-state index in [0.717, 1.165) is 0 Å². The number of hydrogen-bond donors (Lipinski definition) is 6. The van der Waals surface area contributed by atoms with E-state index in [-0.39, 0.29) is 0 Å². The molecule has 1 amide bonds. The Morgan fingerprint density at radius 1 is 1.31 bits per heavy atom. The molecule has 78 valence electrons.